The summed E-state index contributed by atoms with van der Waals surface area (Å²) in [5, 5.41) is 1.02. The number of anilines is 1. The van der Waals surface area contributed by atoms with Gasteiger partial charge < -0.3 is 14.4 Å². The van der Waals surface area contributed by atoms with Gasteiger partial charge in [-0.15, -0.1) is 11.3 Å². The average molecular weight is 310 g/mol. The van der Waals surface area contributed by atoms with E-state index in [0.717, 1.165) is 36.8 Å². The van der Waals surface area contributed by atoms with Gasteiger partial charge in [-0.1, -0.05) is 0 Å². The molecule has 2 heterocycles. The second kappa shape index (κ2) is 5.93. The Bertz CT molecular complexity index is 521. The van der Waals surface area contributed by atoms with Crippen LogP contribution in [0.5, 0.6) is 0 Å². The molecule has 3 atom stereocenters. The van der Waals surface area contributed by atoms with Crippen molar-refractivity contribution >= 4 is 22.4 Å². The first-order chi connectivity index (χ1) is 10.1. The summed E-state index contributed by atoms with van der Waals surface area (Å²) < 4.78 is 10.9. The molecule has 1 saturated heterocycles. The molecule has 116 valence electrons. The first-order valence-electron chi connectivity index (χ1n) is 7.65. The number of rotatable bonds is 3. The van der Waals surface area contributed by atoms with Gasteiger partial charge in [0.25, 0.3) is 0 Å². The second-order valence-electron chi connectivity index (χ2n) is 5.81. The van der Waals surface area contributed by atoms with Crippen molar-refractivity contribution in [1.82, 2.24) is 4.98 Å². The number of fused-ring (bicyclic) bond motifs is 1. The van der Waals surface area contributed by atoms with Crippen LogP contribution < -0.4 is 4.90 Å². The van der Waals surface area contributed by atoms with Gasteiger partial charge >= 0.3 is 5.97 Å². The van der Waals surface area contributed by atoms with Crippen LogP contribution >= 0.6 is 11.3 Å². The normalized spacial score (nSPS) is 28.5. The third-order valence-electron chi connectivity index (χ3n) is 3.97. The van der Waals surface area contributed by atoms with Crippen molar-refractivity contribution in [2.45, 2.75) is 51.7 Å². The van der Waals surface area contributed by atoms with Crippen LogP contribution in [-0.2, 0) is 20.7 Å². The molecule has 1 aliphatic heterocycles. The highest BCUT2D eigenvalue weighted by atomic mass is 32.1. The van der Waals surface area contributed by atoms with E-state index in [1.54, 1.807) is 11.3 Å². The molecule has 0 amide bonds. The van der Waals surface area contributed by atoms with Crippen molar-refractivity contribution in [3.05, 3.63) is 10.6 Å². The summed E-state index contributed by atoms with van der Waals surface area (Å²) in [6, 6.07) is 0. The van der Waals surface area contributed by atoms with Gasteiger partial charge in [0.2, 0.25) is 0 Å². The molecule has 3 rings (SSSR count). The van der Waals surface area contributed by atoms with Crippen molar-refractivity contribution in [2.24, 2.45) is 0 Å². The molecule has 0 N–H and O–H groups in total. The molecule has 3 unspecified atom stereocenters. The Morgan fingerprint density at radius 2 is 2.14 bits per heavy atom. The molecule has 1 aromatic heterocycles. The van der Waals surface area contributed by atoms with Gasteiger partial charge in [-0.05, 0) is 33.6 Å². The number of ether oxygens (including phenoxy) is 2. The summed E-state index contributed by atoms with van der Waals surface area (Å²) in [6.07, 6.45) is 2.21. The fraction of sp³-hybridized carbons (Fsp3) is 0.733. The molecular formula is C15H22N2O3S. The SMILES string of the molecule is CCOC(=O)C1CCc2sc(N3CC(C)OC(C)C3)nc21. The Kier molecular flexibility index (Phi) is 4.17. The quantitative estimate of drug-likeness (QED) is 0.802. The number of aryl methyl sites for hydroxylation is 1. The minimum atomic E-state index is -0.166. The lowest BCUT2D eigenvalue weighted by Gasteiger charge is -2.35. The van der Waals surface area contributed by atoms with Crippen LogP contribution in [0.1, 0.15) is 43.7 Å². The number of hydrogen-bond donors (Lipinski definition) is 0. The third kappa shape index (κ3) is 2.92. The molecule has 1 aliphatic carbocycles. The first-order valence-corrected chi connectivity index (χ1v) is 8.46. The molecule has 6 heteroatoms. The Balaban J connectivity index is 1.78. The van der Waals surface area contributed by atoms with Crippen molar-refractivity contribution in [1.29, 1.82) is 0 Å². The van der Waals surface area contributed by atoms with E-state index in [-0.39, 0.29) is 24.1 Å². The van der Waals surface area contributed by atoms with Gasteiger partial charge in [0, 0.05) is 18.0 Å². The Morgan fingerprint density at radius 3 is 2.81 bits per heavy atom. The van der Waals surface area contributed by atoms with E-state index < -0.39 is 0 Å². The van der Waals surface area contributed by atoms with Gasteiger partial charge in [-0.25, -0.2) is 4.98 Å². The number of hydrogen-bond acceptors (Lipinski definition) is 6. The maximum absolute atomic E-state index is 12.0. The summed E-state index contributed by atoms with van der Waals surface area (Å²) in [4.78, 5) is 20.3. The van der Waals surface area contributed by atoms with E-state index >= 15 is 0 Å². The number of carbonyl (C=O) groups is 1. The predicted molar refractivity (Wildman–Crippen MR) is 82.0 cm³/mol. The number of esters is 1. The van der Waals surface area contributed by atoms with Crippen LogP contribution in [0.15, 0.2) is 0 Å². The molecule has 0 saturated carbocycles. The summed E-state index contributed by atoms with van der Waals surface area (Å²) in [6.45, 7) is 8.18. The third-order valence-corrected chi connectivity index (χ3v) is 5.16. The number of nitrogens with zero attached hydrogens (tertiary/aromatic N) is 2. The van der Waals surface area contributed by atoms with E-state index in [1.807, 2.05) is 6.92 Å². The summed E-state index contributed by atoms with van der Waals surface area (Å²) >= 11 is 1.72. The van der Waals surface area contributed by atoms with Crippen molar-refractivity contribution in [2.75, 3.05) is 24.6 Å². The van der Waals surface area contributed by atoms with Gasteiger partial charge in [-0.2, -0.15) is 0 Å². The molecule has 5 nitrogen and oxygen atoms in total. The second-order valence-corrected chi connectivity index (χ2v) is 6.87. The molecule has 1 aromatic rings. The Morgan fingerprint density at radius 1 is 1.43 bits per heavy atom. The minimum absolute atomic E-state index is 0.128. The van der Waals surface area contributed by atoms with E-state index in [1.165, 1.54) is 4.88 Å². The van der Waals surface area contributed by atoms with E-state index in [9.17, 15) is 4.79 Å². The number of morpholine rings is 1. The number of carbonyl (C=O) groups excluding carboxylic acids is 1. The fourth-order valence-corrected chi connectivity index (χ4v) is 4.31. The maximum atomic E-state index is 12.0. The van der Waals surface area contributed by atoms with Crippen LogP contribution in [-0.4, -0.2) is 42.9 Å². The number of aromatic nitrogens is 1. The standard InChI is InChI=1S/C15H22N2O3S/c1-4-19-14(18)11-5-6-12-13(11)16-15(21-12)17-7-9(2)20-10(3)8-17/h9-11H,4-8H2,1-3H3. The molecule has 2 aliphatic rings. The summed E-state index contributed by atoms with van der Waals surface area (Å²) in [5.41, 5.74) is 0.945. The first kappa shape index (κ1) is 14.8. The average Bonchev–Trinajstić information content (AvgIpc) is 2.96. The van der Waals surface area contributed by atoms with Gasteiger partial charge in [-0.3, -0.25) is 4.79 Å². The summed E-state index contributed by atoms with van der Waals surface area (Å²) in [7, 11) is 0. The molecular weight excluding hydrogens is 288 g/mol. The zero-order chi connectivity index (χ0) is 15.0. The summed E-state index contributed by atoms with van der Waals surface area (Å²) in [5.74, 6) is -0.294. The minimum Gasteiger partial charge on any atom is -0.465 e. The van der Waals surface area contributed by atoms with Gasteiger partial charge in [0.15, 0.2) is 5.13 Å². The monoisotopic (exact) mass is 310 g/mol. The highest BCUT2D eigenvalue weighted by Gasteiger charge is 2.35. The van der Waals surface area contributed by atoms with Crippen LogP contribution in [0.4, 0.5) is 5.13 Å². The molecule has 0 spiro atoms. The highest BCUT2D eigenvalue weighted by Crippen LogP contribution is 2.40. The smallest absolute Gasteiger partial charge is 0.315 e. The van der Waals surface area contributed by atoms with E-state index in [0.29, 0.717) is 6.61 Å². The maximum Gasteiger partial charge on any atom is 0.315 e. The molecule has 21 heavy (non-hydrogen) atoms. The predicted octanol–water partition coefficient (Wildman–Crippen LogP) is 2.35. The van der Waals surface area contributed by atoms with Crippen LogP contribution in [0.25, 0.3) is 0 Å². The van der Waals surface area contributed by atoms with E-state index in [2.05, 4.69) is 18.7 Å². The van der Waals surface area contributed by atoms with Crippen LogP contribution in [0, 0.1) is 0 Å². The Labute approximate surface area is 129 Å². The fourth-order valence-electron chi connectivity index (χ4n) is 3.16. The van der Waals surface area contributed by atoms with Crippen molar-refractivity contribution in [3.8, 4) is 0 Å². The largest absolute Gasteiger partial charge is 0.465 e. The molecule has 0 radical (unpaired) electrons. The van der Waals surface area contributed by atoms with Crippen molar-refractivity contribution < 1.29 is 14.3 Å². The lowest BCUT2D eigenvalue weighted by atomic mass is 10.1. The zero-order valence-electron chi connectivity index (χ0n) is 12.8. The topological polar surface area (TPSA) is 51.7 Å². The van der Waals surface area contributed by atoms with Gasteiger partial charge in [0.05, 0.1) is 24.5 Å². The van der Waals surface area contributed by atoms with Crippen LogP contribution in [0.2, 0.25) is 0 Å². The lowest BCUT2D eigenvalue weighted by Crippen LogP contribution is -2.45. The molecule has 0 bridgehead atoms. The molecule has 0 aromatic carbocycles. The Hall–Kier alpha value is -1.14. The highest BCUT2D eigenvalue weighted by molar-refractivity contribution is 7.15. The van der Waals surface area contributed by atoms with Gasteiger partial charge in [0.1, 0.15) is 5.92 Å². The van der Waals surface area contributed by atoms with Crippen molar-refractivity contribution in [3.63, 3.8) is 0 Å². The lowest BCUT2D eigenvalue weighted by molar-refractivity contribution is -0.145. The number of thiazole rings is 1. The zero-order valence-corrected chi connectivity index (χ0v) is 13.6. The van der Waals surface area contributed by atoms with Crippen LogP contribution in [0.3, 0.4) is 0 Å². The molecule has 1 fully saturated rings. The van der Waals surface area contributed by atoms with E-state index in [4.69, 9.17) is 14.5 Å².